The fourth-order valence-corrected chi connectivity index (χ4v) is 1.79. The molecule has 1 aliphatic heterocycles. The van der Waals surface area contributed by atoms with Gasteiger partial charge in [-0.2, -0.15) is 0 Å². The molecule has 1 aromatic carbocycles. The third-order valence-electron chi connectivity index (χ3n) is 2.30. The van der Waals surface area contributed by atoms with Crippen molar-refractivity contribution in [2.75, 3.05) is 19.0 Å². The molecule has 1 unspecified atom stereocenters. The average Bonchev–Trinajstić information content (AvgIpc) is 2.36. The number of alkyl halides is 1. The summed E-state index contributed by atoms with van der Waals surface area (Å²) in [7, 11) is 1.58. The van der Waals surface area contributed by atoms with Gasteiger partial charge in [0.25, 0.3) is 0 Å². The van der Waals surface area contributed by atoms with Crippen LogP contribution in [0.3, 0.4) is 0 Å². The summed E-state index contributed by atoms with van der Waals surface area (Å²) in [6, 6.07) is 5.26. The summed E-state index contributed by atoms with van der Waals surface area (Å²) in [5.41, 5.74) is 0. The van der Waals surface area contributed by atoms with Crippen molar-refractivity contribution in [2.24, 2.45) is 0 Å². The average molecular weight is 287 g/mol. The van der Waals surface area contributed by atoms with E-state index < -0.39 is 6.10 Å². The van der Waals surface area contributed by atoms with Crippen molar-refractivity contribution in [1.29, 1.82) is 0 Å². The Labute approximate surface area is 102 Å². The first-order chi connectivity index (χ1) is 7.74. The van der Waals surface area contributed by atoms with E-state index in [-0.39, 0.29) is 17.7 Å². The molecule has 2 rings (SSSR count). The van der Waals surface area contributed by atoms with Gasteiger partial charge in [0.2, 0.25) is 0 Å². The summed E-state index contributed by atoms with van der Waals surface area (Å²) >= 11 is 3.11. The van der Waals surface area contributed by atoms with Gasteiger partial charge in [-0.05, 0) is 12.1 Å². The molecule has 0 saturated heterocycles. The Morgan fingerprint density at radius 2 is 2.38 bits per heavy atom. The molecule has 1 heterocycles. The van der Waals surface area contributed by atoms with Crippen molar-refractivity contribution in [2.45, 2.75) is 6.10 Å². The summed E-state index contributed by atoms with van der Waals surface area (Å²) in [6.07, 6.45) is -0.543. The van der Waals surface area contributed by atoms with Gasteiger partial charge in [0.15, 0.2) is 23.4 Å². The predicted molar refractivity (Wildman–Crippen MR) is 61.7 cm³/mol. The number of Topliss-reactive ketones (excluding diaryl/α,β-unsaturated/α-hetero) is 1. The molecule has 16 heavy (non-hydrogen) atoms. The zero-order valence-corrected chi connectivity index (χ0v) is 10.3. The van der Waals surface area contributed by atoms with Crippen molar-refractivity contribution in [3.63, 3.8) is 0 Å². The number of fused-ring (bicyclic) bond motifs is 1. The molecule has 0 radical (unpaired) electrons. The molecule has 0 amide bonds. The highest BCUT2D eigenvalue weighted by Crippen LogP contribution is 2.35. The van der Waals surface area contributed by atoms with Crippen molar-refractivity contribution in [3.8, 4) is 17.2 Å². The van der Waals surface area contributed by atoms with E-state index >= 15 is 0 Å². The lowest BCUT2D eigenvalue weighted by atomic mass is 10.2. The smallest absolute Gasteiger partial charge is 0.191 e. The van der Waals surface area contributed by atoms with Crippen molar-refractivity contribution < 1.29 is 19.0 Å². The van der Waals surface area contributed by atoms with Crippen LogP contribution < -0.4 is 14.2 Å². The highest BCUT2D eigenvalue weighted by molar-refractivity contribution is 9.09. The Kier molecular flexibility index (Phi) is 3.33. The summed E-state index contributed by atoms with van der Waals surface area (Å²) in [4.78, 5) is 11.4. The Hall–Kier alpha value is -1.23. The van der Waals surface area contributed by atoms with E-state index in [9.17, 15) is 4.79 Å². The second-order valence-electron chi connectivity index (χ2n) is 3.33. The van der Waals surface area contributed by atoms with Gasteiger partial charge < -0.3 is 14.2 Å². The van der Waals surface area contributed by atoms with Crippen LogP contribution in [0.4, 0.5) is 0 Å². The van der Waals surface area contributed by atoms with Crippen LogP contribution in [0, 0.1) is 0 Å². The van der Waals surface area contributed by atoms with Crippen LogP contribution in [0.5, 0.6) is 17.2 Å². The Morgan fingerprint density at radius 1 is 1.56 bits per heavy atom. The molecule has 1 atom stereocenters. The maximum absolute atomic E-state index is 11.4. The van der Waals surface area contributed by atoms with Crippen LogP contribution in [0.25, 0.3) is 0 Å². The first-order valence-corrected chi connectivity index (χ1v) is 5.93. The van der Waals surface area contributed by atoms with Crippen LogP contribution in [0.1, 0.15) is 0 Å². The van der Waals surface area contributed by atoms with Crippen molar-refractivity contribution >= 4 is 21.7 Å². The number of hydrogen-bond donors (Lipinski definition) is 0. The van der Waals surface area contributed by atoms with E-state index in [1.807, 2.05) is 0 Å². The SMILES string of the molecule is COc1ccc2c(c1)OC(C(=O)CBr)CO2. The highest BCUT2D eigenvalue weighted by atomic mass is 79.9. The first kappa shape index (κ1) is 11.3. The number of carbonyl (C=O) groups is 1. The number of hydrogen-bond acceptors (Lipinski definition) is 4. The summed E-state index contributed by atoms with van der Waals surface area (Å²) in [6.45, 7) is 0.254. The molecule has 1 aromatic rings. The van der Waals surface area contributed by atoms with Crippen molar-refractivity contribution in [3.05, 3.63) is 18.2 Å². The topological polar surface area (TPSA) is 44.8 Å². The number of rotatable bonds is 3. The predicted octanol–water partition coefficient (Wildman–Crippen LogP) is 1.80. The van der Waals surface area contributed by atoms with Gasteiger partial charge in [-0.3, -0.25) is 4.79 Å². The number of halogens is 1. The fourth-order valence-electron chi connectivity index (χ4n) is 1.42. The largest absolute Gasteiger partial charge is 0.497 e. The Balaban J connectivity index is 2.21. The number of ether oxygens (including phenoxy) is 3. The summed E-state index contributed by atoms with van der Waals surface area (Å²) in [5.74, 6) is 1.83. The zero-order valence-electron chi connectivity index (χ0n) is 8.73. The summed E-state index contributed by atoms with van der Waals surface area (Å²) in [5, 5.41) is 0.264. The van der Waals surface area contributed by atoms with E-state index in [4.69, 9.17) is 14.2 Å². The summed E-state index contributed by atoms with van der Waals surface area (Å²) < 4.78 is 16.1. The number of carbonyl (C=O) groups excluding carboxylic acids is 1. The van der Waals surface area contributed by atoms with E-state index in [0.29, 0.717) is 17.2 Å². The maximum Gasteiger partial charge on any atom is 0.191 e. The molecule has 0 bridgehead atoms. The lowest BCUT2D eigenvalue weighted by Crippen LogP contribution is -2.37. The molecule has 5 heteroatoms. The van der Waals surface area contributed by atoms with Crippen LogP contribution in [-0.4, -0.2) is 30.9 Å². The minimum Gasteiger partial charge on any atom is -0.497 e. The van der Waals surface area contributed by atoms with E-state index in [1.54, 1.807) is 25.3 Å². The molecule has 0 aliphatic carbocycles. The molecule has 86 valence electrons. The quantitative estimate of drug-likeness (QED) is 0.795. The maximum atomic E-state index is 11.4. The second kappa shape index (κ2) is 4.74. The normalized spacial score (nSPS) is 18.0. The van der Waals surface area contributed by atoms with Gasteiger partial charge in [-0.1, -0.05) is 15.9 Å². The molecule has 1 aliphatic rings. The lowest BCUT2D eigenvalue weighted by molar-refractivity contribution is -0.125. The van der Waals surface area contributed by atoms with Crippen LogP contribution in [0.15, 0.2) is 18.2 Å². The second-order valence-corrected chi connectivity index (χ2v) is 3.89. The highest BCUT2D eigenvalue weighted by Gasteiger charge is 2.26. The number of benzene rings is 1. The Morgan fingerprint density at radius 3 is 3.06 bits per heavy atom. The first-order valence-electron chi connectivity index (χ1n) is 4.80. The molecular weight excluding hydrogens is 276 g/mol. The molecule has 0 aromatic heterocycles. The van der Waals surface area contributed by atoms with Gasteiger partial charge in [-0.15, -0.1) is 0 Å². The van der Waals surface area contributed by atoms with Crippen LogP contribution in [-0.2, 0) is 4.79 Å². The van der Waals surface area contributed by atoms with Gasteiger partial charge in [0, 0.05) is 6.07 Å². The number of ketones is 1. The van der Waals surface area contributed by atoms with Crippen LogP contribution >= 0.6 is 15.9 Å². The van der Waals surface area contributed by atoms with E-state index in [2.05, 4.69) is 15.9 Å². The molecule has 0 spiro atoms. The number of methoxy groups -OCH3 is 1. The third kappa shape index (κ3) is 2.14. The lowest BCUT2D eigenvalue weighted by Gasteiger charge is -2.25. The van der Waals surface area contributed by atoms with Gasteiger partial charge in [-0.25, -0.2) is 0 Å². The minimum absolute atomic E-state index is 0.0338. The van der Waals surface area contributed by atoms with E-state index in [0.717, 1.165) is 0 Å². The monoisotopic (exact) mass is 286 g/mol. The molecule has 0 saturated carbocycles. The standard InChI is InChI=1S/C11H11BrO4/c1-14-7-2-3-9-10(4-7)16-11(6-15-9)8(13)5-12/h2-4,11H,5-6H2,1H3. The zero-order chi connectivity index (χ0) is 11.5. The fraction of sp³-hybridized carbons (Fsp3) is 0.364. The van der Waals surface area contributed by atoms with Gasteiger partial charge >= 0.3 is 0 Å². The molecular formula is C11H11BrO4. The molecule has 4 nitrogen and oxygen atoms in total. The van der Waals surface area contributed by atoms with Crippen molar-refractivity contribution in [1.82, 2.24) is 0 Å². The third-order valence-corrected chi connectivity index (χ3v) is 2.85. The van der Waals surface area contributed by atoms with Gasteiger partial charge in [0.05, 0.1) is 12.4 Å². The van der Waals surface area contributed by atoms with Gasteiger partial charge in [0.1, 0.15) is 12.4 Å². The molecule has 0 fully saturated rings. The Bertz CT molecular complexity index is 405. The van der Waals surface area contributed by atoms with Crippen LogP contribution in [0.2, 0.25) is 0 Å². The minimum atomic E-state index is -0.543. The van der Waals surface area contributed by atoms with E-state index in [1.165, 1.54) is 0 Å². The molecule has 0 N–H and O–H groups in total.